The van der Waals surface area contributed by atoms with Crippen molar-refractivity contribution < 1.29 is 4.74 Å². The van der Waals surface area contributed by atoms with Gasteiger partial charge in [-0.25, -0.2) is 0 Å². The van der Waals surface area contributed by atoms with Gasteiger partial charge in [0.25, 0.3) is 0 Å². The van der Waals surface area contributed by atoms with Crippen LogP contribution in [-0.2, 0) is 17.8 Å². The van der Waals surface area contributed by atoms with Gasteiger partial charge in [0.15, 0.2) is 0 Å². The van der Waals surface area contributed by atoms with Gasteiger partial charge in [0.1, 0.15) is 0 Å². The van der Waals surface area contributed by atoms with E-state index in [0.29, 0.717) is 18.1 Å². The van der Waals surface area contributed by atoms with Gasteiger partial charge < -0.3 is 4.74 Å². The SMILES string of the molecule is CO[C@@H]1CCN(Cc2ccsc2)[C@H]2CN(Cc3cccnc3)C[C@@H]12. The summed E-state index contributed by atoms with van der Waals surface area (Å²) in [5, 5.41) is 4.46. The fraction of sp³-hybridized carbons (Fsp3) is 0.526. The van der Waals surface area contributed by atoms with Crippen molar-refractivity contribution in [3.8, 4) is 0 Å². The molecule has 0 N–H and O–H groups in total. The Morgan fingerprint density at radius 1 is 1.25 bits per heavy atom. The van der Waals surface area contributed by atoms with E-state index in [-0.39, 0.29) is 0 Å². The second-order valence-corrected chi connectivity index (χ2v) is 7.73. The molecule has 0 unspecified atom stereocenters. The average Bonchev–Trinajstić information content (AvgIpc) is 3.26. The molecule has 0 radical (unpaired) electrons. The summed E-state index contributed by atoms with van der Waals surface area (Å²) in [5.41, 5.74) is 2.75. The quantitative estimate of drug-likeness (QED) is 0.835. The van der Waals surface area contributed by atoms with Crippen LogP contribution < -0.4 is 0 Å². The third kappa shape index (κ3) is 3.40. The predicted molar refractivity (Wildman–Crippen MR) is 96.9 cm³/mol. The lowest BCUT2D eigenvalue weighted by molar-refractivity contribution is -0.0244. The summed E-state index contributed by atoms with van der Waals surface area (Å²) >= 11 is 1.79. The molecule has 0 bridgehead atoms. The Kier molecular flexibility index (Phi) is 4.94. The van der Waals surface area contributed by atoms with Gasteiger partial charge in [-0.15, -0.1) is 0 Å². The van der Waals surface area contributed by atoms with Crippen LogP contribution in [0.3, 0.4) is 0 Å². The number of thiophene rings is 1. The highest BCUT2D eigenvalue weighted by Gasteiger charge is 2.44. The topological polar surface area (TPSA) is 28.6 Å². The first kappa shape index (κ1) is 16.2. The Bertz CT molecular complexity index is 633. The average molecular weight is 343 g/mol. The molecule has 2 aromatic rings. The molecule has 0 spiro atoms. The Labute approximate surface area is 148 Å². The van der Waals surface area contributed by atoms with E-state index in [1.165, 1.54) is 11.1 Å². The standard InChI is InChI=1S/C19H25N3OS/c1-23-19-4-7-22(11-16-5-8-24-14-16)18-13-21(12-17(18)19)10-15-3-2-6-20-9-15/h2-3,5-6,8-9,14,17-19H,4,7,10-13H2,1H3/t17-,18+,19-/m1/s1. The van der Waals surface area contributed by atoms with Crippen LogP contribution in [0, 0.1) is 5.92 Å². The predicted octanol–water partition coefficient (Wildman–Crippen LogP) is 2.86. The van der Waals surface area contributed by atoms with Crippen molar-refractivity contribution in [2.75, 3.05) is 26.7 Å². The Hall–Kier alpha value is -1.27. The van der Waals surface area contributed by atoms with Crippen molar-refractivity contribution in [1.82, 2.24) is 14.8 Å². The van der Waals surface area contributed by atoms with Crippen molar-refractivity contribution in [1.29, 1.82) is 0 Å². The lowest BCUT2D eigenvalue weighted by Crippen LogP contribution is -2.50. The monoisotopic (exact) mass is 343 g/mol. The van der Waals surface area contributed by atoms with E-state index in [1.54, 1.807) is 11.3 Å². The Morgan fingerprint density at radius 2 is 2.21 bits per heavy atom. The minimum absolute atomic E-state index is 0.396. The van der Waals surface area contributed by atoms with Crippen LogP contribution >= 0.6 is 11.3 Å². The van der Waals surface area contributed by atoms with Gasteiger partial charge >= 0.3 is 0 Å². The maximum atomic E-state index is 5.82. The molecule has 24 heavy (non-hydrogen) atoms. The van der Waals surface area contributed by atoms with Gasteiger partial charge in [0, 0.05) is 64.2 Å². The molecule has 3 atom stereocenters. The van der Waals surface area contributed by atoms with Gasteiger partial charge in [0.05, 0.1) is 6.10 Å². The highest BCUT2D eigenvalue weighted by atomic mass is 32.1. The molecular formula is C19H25N3OS. The first-order valence-electron chi connectivity index (χ1n) is 8.72. The number of fused-ring (bicyclic) bond motifs is 1. The largest absolute Gasteiger partial charge is 0.381 e. The highest BCUT2D eigenvalue weighted by molar-refractivity contribution is 7.07. The first-order chi connectivity index (χ1) is 11.8. The van der Waals surface area contributed by atoms with Crippen molar-refractivity contribution >= 4 is 11.3 Å². The lowest BCUT2D eigenvalue weighted by Gasteiger charge is -2.41. The van der Waals surface area contributed by atoms with Gasteiger partial charge in [-0.1, -0.05) is 6.07 Å². The van der Waals surface area contributed by atoms with Crippen molar-refractivity contribution in [3.63, 3.8) is 0 Å². The Morgan fingerprint density at radius 3 is 2.96 bits per heavy atom. The molecule has 0 aliphatic carbocycles. The number of aromatic nitrogens is 1. The highest BCUT2D eigenvalue weighted by Crippen LogP contribution is 2.34. The van der Waals surface area contributed by atoms with Gasteiger partial charge in [0.2, 0.25) is 0 Å². The fourth-order valence-electron chi connectivity index (χ4n) is 4.30. The molecule has 4 rings (SSSR count). The summed E-state index contributed by atoms with van der Waals surface area (Å²) in [6, 6.07) is 7.05. The third-order valence-electron chi connectivity index (χ3n) is 5.45. The second-order valence-electron chi connectivity index (χ2n) is 6.95. The van der Waals surface area contributed by atoms with Crippen molar-refractivity contribution in [2.24, 2.45) is 5.92 Å². The summed E-state index contributed by atoms with van der Waals surface area (Å²) in [4.78, 5) is 9.50. The number of rotatable bonds is 5. The molecule has 4 nitrogen and oxygen atoms in total. The third-order valence-corrected chi connectivity index (χ3v) is 6.19. The molecule has 4 heterocycles. The number of methoxy groups -OCH3 is 1. The van der Waals surface area contributed by atoms with Crippen LogP contribution in [0.15, 0.2) is 41.4 Å². The summed E-state index contributed by atoms with van der Waals surface area (Å²) in [6.07, 6.45) is 5.37. The van der Waals surface area contributed by atoms with E-state index in [2.05, 4.69) is 37.7 Å². The zero-order valence-electron chi connectivity index (χ0n) is 14.2. The van der Waals surface area contributed by atoms with Gasteiger partial charge in [-0.3, -0.25) is 14.8 Å². The molecule has 2 fully saturated rings. The normalized spacial score (nSPS) is 28.1. The van der Waals surface area contributed by atoms with Crippen LogP contribution in [-0.4, -0.2) is 53.7 Å². The molecule has 0 aromatic carbocycles. The smallest absolute Gasteiger partial charge is 0.0639 e. The maximum Gasteiger partial charge on any atom is 0.0639 e. The minimum atomic E-state index is 0.396. The van der Waals surface area contributed by atoms with Crippen LogP contribution in [0.4, 0.5) is 0 Å². The van der Waals surface area contributed by atoms with E-state index >= 15 is 0 Å². The minimum Gasteiger partial charge on any atom is -0.381 e. The first-order valence-corrected chi connectivity index (χ1v) is 9.67. The van der Waals surface area contributed by atoms with E-state index in [9.17, 15) is 0 Å². The zero-order chi connectivity index (χ0) is 16.4. The number of hydrogen-bond donors (Lipinski definition) is 0. The lowest BCUT2D eigenvalue weighted by atomic mass is 9.89. The van der Waals surface area contributed by atoms with Crippen molar-refractivity contribution in [3.05, 3.63) is 52.5 Å². The molecule has 2 saturated heterocycles. The molecule has 2 aliphatic heterocycles. The summed E-state index contributed by atoms with van der Waals surface area (Å²) in [7, 11) is 1.88. The Balaban J connectivity index is 1.47. The molecule has 2 aromatic heterocycles. The van der Waals surface area contributed by atoms with Gasteiger partial charge in [-0.2, -0.15) is 11.3 Å². The number of ether oxygens (including phenoxy) is 1. The van der Waals surface area contributed by atoms with Crippen LogP contribution in [0.5, 0.6) is 0 Å². The second kappa shape index (κ2) is 7.31. The number of pyridine rings is 1. The number of hydrogen-bond acceptors (Lipinski definition) is 5. The zero-order valence-corrected chi connectivity index (χ0v) is 15.0. The molecule has 128 valence electrons. The van der Waals surface area contributed by atoms with E-state index in [0.717, 1.165) is 39.1 Å². The number of nitrogens with zero attached hydrogens (tertiary/aromatic N) is 3. The molecule has 2 aliphatic rings. The molecule has 5 heteroatoms. The molecule has 0 amide bonds. The van der Waals surface area contributed by atoms with Crippen LogP contribution in [0.1, 0.15) is 17.5 Å². The summed E-state index contributed by atoms with van der Waals surface area (Å²) in [6.45, 7) is 5.45. The maximum absolute atomic E-state index is 5.82. The van der Waals surface area contributed by atoms with Crippen molar-refractivity contribution in [2.45, 2.75) is 31.7 Å². The summed E-state index contributed by atoms with van der Waals surface area (Å²) < 4.78 is 5.82. The molecular weight excluding hydrogens is 318 g/mol. The van der Waals surface area contributed by atoms with Gasteiger partial charge in [-0.05, 0) is 40.4 Å². The van der Waals surface area contributed by atoms with E-state index in [4.69, 9.17) is 4.74 Å². The molecule has 0 saturated carbocycles. The van der Waals surface area contributed by atoms with Crippen LogP contribution in [0.25, 0.3) is 0 Å². The number of piperidine rings is 1. The van der Waals surface area contributed by atoms with Crippen LogP contribution in [0.2, 0.25) is 0 Å². The van der Waals surface area contributed by atoms with E-state index < -0.39 is 0 Å². The fourth-order valence-corrected chi connectivity index (χ4v) is 4.96. The van der Waals surface area contributed by atoms with E-state index in [1.807, 2.05) is 25.6 Å². The summed E-state index contributed by atoms with van der Waals surface area (Å²) in [5.74, 6) is 0.610. The number of likely N-dealkylation sites (tertiary alicyclic amines) is 2.